The number of quaternary nitrogens is 1. The first-order valence-electron chi connectivity index (χ1n) is 8.84. The number of hydrogen-bond donors (Lipinski definition) is 2. The molecule has 1 saturated heterocycles. The molecule has 0 spiro atoms. The van der Waals surface area contributed by atoms with Crippen LogP contribution in [0.15, 0.2) is 36.9 Å². The third kappa shape index (κ3) is 3.88. The number of nitrogens with one attached hydrogen (secondary N) is 2. The van der Waals surface area contributed by atoms with Gasteiger partial charge in [0.2, 0.25) is 5.13 Å². The molecule has 3 aromatic rings. The van der Waals surface area contributed by atoms with Crippen LogP contribution >= 0.6 is 34.9 Å². The van der Waals surface area contributed by atoms with E-state index in [-0.39, 0.29) is 0 Å². The highest BCUT2D eigenvalue weighted by molar-refractivity contribution is 7.73. The first-order valence-corrected chi connectivity index (χ1v) is 10.9. The number of piperidine rings is 1. The van der Waals surface area contributed by atoms with Crippen molar-refractivity contribution in [3.05, 3.63) is 45.9 Å². The standard InChI is InChI=1S/C18H21N5S3/c1-2-9-19-17-21-23(18(24)26-17)12-22-10-7-13(8-11-22)16-20-14-5-3-4-6-15(14)25-16/h2-6,13H,1,7-12H2,(H,19,21)/p+1. The highest BCUT2D eigenvalue weighted by Gasteiger charge is 2.26. The second-order valence-corrected chi connectivity index (χ2v) is 9.23. The molecule has 2 N–H and O–H groups in total. The lowest BCUT2D eigenvalue weighted by molar-refractivity contribution is -0.928. The summed E-state index contributed by atoms with van der Waals surface area (Å²) in [6.07, 6.45) is 4.18. The molecule has 1 aliphatic rings. The lowest BCUT2D eigenvalue weighted by atomic mass is 9.98. The van der Waals surface area contributed by atoms with Crippen molar-refractivity contribution in [2.45, 2.75) is 25.4 Å². The van der Waals surface area contributed by atoms with E-state index in [1.165, 1.54) is 33.9 Å². The van der Waals surface area contributed by atoms with Crippen molar-refractivity contribution in [1.82, 2.24) is 14.8 Å². The van der Waals surface area contributed by atoms with Gasteiger partial charge < -0.3 is 10.2 Å². The third-order valence-electron chi connectivity index (χ3n) is 4.73. The monoisotopic (exact) mass is 404 g/mol. The Labute approximate surface area is 166 Å². The smallest absolute Gasteiger partial charge is 0.205 e. The predicted molar refractivity (Wildman–Crippen MR) is 112 cm³/mol. The molecule has 136 valence electrons. The van der Waals surface area contributed by atoms with Gasteiger partial charge >= 0.3 is 0 Å². The summed E-state index contributed by atoms with van der Waals surface area (Å²) in [5, 5.41) is 9.98. The van der Waals surface area contributed by atoms with Gasteiger partial charge in [-0.15, -0.1) is 23.0 Å². The first-order chi connectivity index (χ1) is 12.7. The van der Waals surface area contributed by atoms with Crippen molar-refractivity contribution in [3.8, 4) is 0 Å². The van der Waals surface area contributed by atoms with E-state index in [4.69, 9.17) is 17.2 Å². The van der Waals surface area contributed by atoms with Gasteiger partial charge in [-0.2, -0.15) is 4.68 Å². The summed E-state index contributed by atoms with van der Waals surface area (Å²) in [7, 11) is 0. The lowest BCUT2D eigenvalue weighted by Gasteiger charge is -2.27. The van der Waals surface area contributed by atoms with Gasteiger partial charge in [-0.1, -0.05) is 29.5 Å². The number of hydrogen-bond acceptors (Lipinski definition) is 6. The van der Waals surface area contributed by atoms with Crippen LogP contribution in [-0.4, -0.2) is 34.4 Å². The molecule has 0 atom stereocenters. The van der Waals surface area contributed by atoms with Gasteiger partial charge in [0.25, 0.3) is 0 Å². The number of aromatic nitrogens is 3. The zero-order valence-corrected chi connectivity index (χ0v) is 16.9. The number of anilines is 1. The highest BCUT2D eigenvalue weighted by atomic mass is 32.1. The maximum absolute atomic E-state index is 5.46. The average molecular weight is 405 g/mol. The summed E-state index contributed by atoms with van der Waals surface area (Å²) >= 11 is 8.84. The van der Waals surface area contributed by atoms with Crippen LogP contribution in [-0.2, 0) is 6.67 Å². The molecular weight excluding hydrogens is 382 g/mol. The van der Waals surface area contributed by atoms with Crippen LogP contribution in [0.1, 0.15) is 23.8 Å². The number of para-hydroxylation sites is 1. The molecule has 1 aromatic carbocycles. The van der Waals surface area contributed by atoms with E-state index in [9.17, 15) is 0 Å². The van der Waals surface area contributed by atoms with Gasteiger partial charge in [0.15, 0.2) is 10.6 Å². The zero-order chi connectivity index (χ0) is 17.9. The minimum Gasteiger partial charge on any atom is -0.357 e. The van der Waals surface area contributed by atoms with E-state index in [1.54, 1.807) is 4.90 Å². The first kappa shape index (κ1) is 17.8. The number of thiazole rings is 1. The minimum atomic E-state index is 0.587. The van der Waals surface area contributed by atoms with Crippen LogP contribution in [0.4, 0.5) is 5.13 Å². The van der Waals surface area contributed by atoms with E-state index in [1.807, 2.05) is 22.1 Å². The second-order valence-electron chi connectivity index (χ2n) is 6.54. The summed E-state index contributed by atoms with van der Waals surface area (Å²) in [5.74, 6) is 0.587. The van der Waals surface area contributed by atoms with Crippen LogP contribution in [0.5, 0.6) is 0 Å². The maximum atomic E-state index is 5.46. The van der Waals surface area contributed by atoms with Gasteiger partial charge in [-0.3, -0.25) is 0 Å². The fourth-order valence-corrected chi connectivity index (χ4v) is 5.49. The molecule has 0 unspecified atom stereocenters. The van der Waals surface area contributed by atoms with E-state index in [0.29, 0.717) is 12.5 Å². The second kappa shape index (κ2) is 7.96. The Morgan fingerprint density at radius 3 is 2.88 bits per heavy atom. The predicted octanol–water partition coefficient (Wildman–Crippen LogP) is 3.30. The van der Waals surface area contributed by atoms with E-state index < -0.39 is 0 Å². The van der Waals surface area contributed by atoms with Gasteiger partial charge in [0, 0.05) is 25.3 Å². The largest absolute Gasteiger partial charge is 0.357 e. The quantitative estimate of drug-likeness (QED) is 0.489. The molecule has 26 heavy (non-hydrogen) atoms. The van der Waals surface area contributed by atoms with Crippen LogP contribution in [0.25, 0.3) is 10.2 Å². The van der Waals surface area contributed by atoms with Crippen molar-refractivity contribution in [2.24, 2.45) is 0 Å². The maximum Gasteiger partial charge on any atom is 0.205 e. The van der Waals surface area contributed by atoms with Gasteiger partial charge in [-0.05, 0) is 24.4 Å². The van der Waals surface area contributed by atoms with Gasteiger partial charge in [-0.25, -0.2) is 4.98 Å². The number of nitrogens with zero attached hydrogens (tertiary/aromatic N) is 3. The molecule has 1 fully saturated rings. The molecule has 4 rings (SSSR count). The fourth-order valence-electron chi connectivity index (χ4n) is 3.34. The summed E-state index contributed by atoms with van der Waals surface area (Å²) < 4.78 is 4.08. The van der Waals surface area contributed by atoms with E-state index >= 15 is 0 Å². The number of benzene rings is 1. The zero-order valence-electron chi connectivity index (χ0n) is 14.5. The van der Waals surface area contributed by atoms with E-state index in [2.05, 4.69) is 41.3 Å². The molecular formula is C18H22N5S3+. The number of fused-ring (bicyclic) bond motifs is 1. The number of rotatable bonds is 6. The van der Waals surface area contributed by atoms with E-state index in [0.717, 1.165) is 34.4 Å². The number of likely N-dealkylation sites (tertiary alicyclic amines) is 1. The molecule has 1 aliphatic heterocycles. The summed E-state index contributed by atoms with van der Waals surface area (Å²) in [5.41, 5.74) is 1.13. The van der Waals surface area contributed by atoms with Gasteiger partial charge in [0.1, 0.15) is 0 Å². The molecule has 5 nitrogen and oxygen atoms in total. The van der Waals surface area contributed by atoms with Crippen molar-refractivity contribution < 1.29 is 4.90 Å². The topological polar surface area (TPSA) is 47.2 Å². The van der Waals surface area contributed by atoms with Crippen molar-refractivity contribution in [3.63, 3.8) is 0 Å². The van der Waals surface area contributed by atoms with Crippen molar-refractivity contribution in [2.75, 3.05) is 25.0 Å². The Hall–Kier alpha value is -1.61. The lowest BCUT2D eigenvalue weighted by Crippen LogP contribution is -3.12. The molecule has 0 amide bonds. The SMILES string of the molecule is C=CCNc1nn(C[NH+]2CCC(c3nc4ccccc4s3)CC2)c(=S)s1. The molecule has 0 aliphatic carbocycles. The Morgan fingerprint density at radius 2 is 2.12 bits per heavy atom. The molecule has 0 radical (unpaired) electrons. The summed E-state index contributed by atoms with van der Waals surface area (Å²) in [6, 6.07) is 8.43. The average Bonchev–Trinajstić information content (AvgIpc) is 3.24. The van der Waals surface area contributed by atoms with Crippen LogP contribution in [0.3, 0.4) is 0 Å². The van der Waals surface area contributed by atoms with Crippen LogP contribution in [0, 0.1) is 3.95 Å². The van der Waals surface area contributed by atoms with Crippen LogP contribution in [0.2, 0.25) is 0 Å². The van der Waals surface area contributed by atoms with Crippen molar-refractivity contribution in [1.29, 1.82) is 0 Å². The normalized spacial score (nSPS) is 20.3. The summed E-state index contributed by atoms with van der Waals surface area (Å²) in [4.78, 5) is 6.39. The minimum absolute atomic E-state index is 0.587. The Kier molecular flexibility index (Phi) is 5.44. The van der Waals surface area contributed by atoms with Crippen LogP contribution < -0.4 is 10.2 Å². The molecule has 2 aromatic heterocycles. The summed E-state index contributed by atoms with van der Waals surface area (Å²) in [6.45, 7) is 7.54. The fraction of sp³-hybridized carbons (Fsp3) is 0.389. The Morgan fingerprint density at radius 1 is 1.31 bits per heavy atom. The van der Waals surface area contributed by atoms with Crippen molar-refractivity contribution >= 4 is 50.2 Å². The Balaban J connectivity index is 1.37. The Bertz CT molecular complexity index is 916. The molecule has 8 heteroatoms. The third-order valence-corrected chi connectivity index (χ3v) is 7.19. The molecule has 0 bridgehead atoms. The van der Waals surface area contributed by atoms with Gasteiger partial charge in [0.05, 0.1) is 28.3 Å². The molecule has 3 heterocycles. The highest BCUT2D eigenvalue weighted by Crippen LogP contribution is 2.31. The molecule has 0 saturated carbocycles.